The van der Waals surface area contributed by atoms with Gasteiger partial charge in [-0.3, -0.25) is 14.5 Å². The normalized spacial score (nSPS) is 13.3. The summed E-state index contributed by atoms with van der Waals surface area (Å²) in [5.41, 5.74) is 6.42. The number of halogens is 2. The number of nitrogens with two attached hydrogens (primary N) is 1. The number of benzene rings is 1. The lowest BCUT2D eigenvalue weighted by Crippen LogP contribution is -2.53. The Morgan fingerprint density at radius 1 is 1.20 bits per heavy atom. The molecule has 7 nitrogen and oxygen atoms in total. The van der Waals surface area contributed by atoms with Crippen LogP contribution in [0.15, 0.2) is 24.4 Å². The zero-order valence-electron chi connectivity index (χ0n) is 17.4. The molecule has 0 unspecified atom stereocenters. The van der Waals surface area contributed by atoms with Crippen LogP contribution in [0, 0.1) is 0 Å². The fraction of sp³-hybridized carbons (Fsp3) is 0.450. The van der Waals surface area contributed by atoms with Crippen molar-refractivity contribution in [2.75, 3.05) is 12.8 Å². The van der Waals surface area contributed by atoms with Crippen molar-refractivity contribution in [1.82, 2.24) is 20.5 Å². The number of aromatic nitrogens is 1. The molecule has 0 aliphatic carbocycles. The number of nitrogens with zero attached hydrogens (tertiary/aromatic N) is 2. The molecule has 4 N–H and O–H groups in total. The Hall–Kier alpha value is -1.87. The van der Waals surface area contributed by atoms with Crippen LogP contribution in [0.25, 0.3) is 0 Å². The second-order valence-electron chi connectivity index (χ2n) is 7.33. The highest BCUT2D eigenvalue weighted by Gasteiger charge is 2.26. The minimum Gasteiger partial charge on any atom is -0.375 e. The lowest BCUT2D eigenvalue weighted by atomic mass is 10.0. The van der Waals surface area contributed by atoms with Crippen molar-refractivity contribution < 1.29 is 9.59 Å². The number of likely N-dealkylation sites (N-methyl/N-ethyl adjacent to an activating group) is 1. The third kappa shape index (κ3) is 6.84. The van der Waals surface area contributed by atoms with Gasteiger partial charge in [0.15, 0.2) is 5.13 Å². The van der Waals surface area contributed by atoms with E-state index in [9.17, 15) is 9.59 Å². The largest absolute Gasteiger partial charge is 0.375 e. The van der Waals surface area contributed by atoms with Crippen LogP contribution in [0.5, 0.6) is 0 Å². The predicted octanol–water partition coefficient (Wildman–Crippen LogP) is 3.10. The number of nitrogen functional groups attached to an aromatic ring is 1. The molecule has 0 saturated carbocycles. The van der Waals surface area contributed by atoms with Crippen molar-refractivity contribution in [3.8, 4) is 0 Å². The zero-order valence-corrected chi connectivity index (χ0v) is 19.7. The summed E-state index contributed by atoms with van der Waals surface area (Å²) >= 11 is 13.4. The van der Waals surface area contributed by atoms with Crippen molar-refractivity contribution in [2.45, 2.75) is 51.9 Å². The predicted molar refractivity (Wildman–Crippen MR) is 123 cm³/mol. The monoisotopic (exact) mass is 471 g/mol. The van der Waals surface area contributed by atoms with Gasteiger partial charge in [0.25, 0.3) is 0 Å². The van der Waals surface area contributed by atoms with Gasteiger partial charge in [-0.2, -0.15) is 0 Å². The number of rotatable bonds is 9. The highest BCUT2D eigenvalue weighted by molar-refractivity contribution is 7.15. The molecule has 1 aromatic heterocycles. The maximum absolute atomic E-state index is 12.9. The van der Waals surface area contributed by atoms with Gasteiger partial charge in [-0.25, -0.2) is 4.98 Å². The third-order valence-corrected chi connectivity index (χ3v) is 6.44. The minimum absolute atomic E-state index is 0.185. The van der Waals surface area contributed by atoms with E-state index in [1.807, 2.05) is 32.7 Å². The number of carbonyl (C=O) groups is 2. The molecule has 0 saturated heterocycles. The van der Waals surface area contributed by atoms with E-state index in [-0.39, 0.29) is 30.8 Å². The molecular formula is C20H27Cl2N5O2S. The first-order valence-corrected chi connectivity index (χ1v) is 11.1. The molecule has 2 amide bonds. The molecule has 0 aliphatic rings. The molecule has 164 valence electrons. The van der Waals surface area contributed by atoms with E-state index >= 15 is 0 Å². The minimum atomic E-state index is -0.775. The van der Waals surface area contributed by atoms with E-state index < -0.39 is 12.1 Å². The quantitative estimate of drug-likeness (QED) is 0.521. The summed E-state index contributed by atoms with van der Waals surface area (Å²) in [7, 11) is 1.87. The first-order valence-electron chi connectivity index (χ1n) is 9.52. The van der Waals surface area contributed by atoms with Crippen molar-refractivity contribution in [1.29, 1.82) is 0 Å². The fourth-order valence-corrected chi connectivity index (χ4v) is 3.68. The second-order valence-corrected chi connectivity index (χ2v) is 9.29. The number of carbonyl (C=O) groups excluding carboxylic acids is 2. The molecule has 0 aliphatic heterocycles. The van der Waals surface area contributed by atoms with E-state index in [2.05, 4.69) is 15.6 Å². The van der Waals surface area contributed by atoms with Gasteiger partial charge in [0.1, 0.15) is 6.04 Å². The van der Waals surface area contributed by atoms with Gasteiger partial charge in [-0.1, -0.05) is 29.3 Å². The van der Waals surface area contributed by atoms with Crippen LogP contribution in [-0.2, 0) is 22.6 Å². The SMILES string of the molecule is CC(C)N(C)[C@@H](C)C(=O)N[C@@H](Cc1ccc(Cl)c(Cl)c1)C(=O)NCc1cnc(N)s1. The molecular weight excluding hydrogens is 445 g/mol. The van der Waals surface area contributed by atoms with Crippen molar-refractivity contribution in [3.05, 3.63) is 44.9 Å². The van der Waals surface area contributed by atoms with Crippen LogP contribution in [0.3, 0.4) is 0 Å². The van der Waals surface area contributed by atoms with Gasteiger partial charge in [-0.05, 0) is 45.5 Å². The Balaban J connectivity index is 2.14. The van der Waals surface area contributed by atoms with Crippen molar-refractivity contribution >= 4 is 51.5 Å². The molecule has 2 atom stereocenters. The molecule has 0 fully saturated rings. The highest BCUT2D eigenvalue weighted by Crippen LogP contribution is 2.23. The van der Waals surface area contributed by atoms with Crippen molar-refractivity contribution in [2.24, 2.45) is 0 Å². The molecule has 30 heavy (non-hydrogen) atoms. The molecule has 0 bridgehead atoms. The first kappa shape index (κ1) is 24.4. The van der Waals surface area contributed by atoms with Crippen LogP contribution in [0.2, 0.25) is 10.0 Å². The Morgan fingerprint density at radius 3 is 2.47 bits per heavy atom. The zero-order chi connectivity index (χ0) is 22.4. The summed E-state index contributed by atoms with van der Waals surface area (Å²) in [5, 5.41) is 6.98. The first-order chi connectivity index (χ1) is 14.1. The number of hydrogen-bond donors (Lipinski definition) is 3. The maximum atomic E-state index is 12.9. The van der Waals surface area contributed by atoms with E-state index in [0.29, 0.717) is 15.2 Å². The Bertz CT molecular complexity index is 890. The van der Waals surface area contributed by atoms with Gasteiger partial charge in [0.2, 0.25) is 11.8 Å². The molecule has 1 heterocycles. The van der Waals surface area contributed by atoms with Gasteiger partial charge in [0, 0.05) is 23.5 Å². The Morgan fingerprint density at radius 2 is 1.90 bits per heavy atom. The van der Waals surface area contributed by atoms with Gasteiger partial charge in [-0.15, -0.1) is 11.3 Å². The van der Waals surface area contributed by atoms with Gasteiger partial charge >= 0.3 is 0 Å². The van der Waals surface area contributed by atoms with E-state index in [0.717, 1.165) is 10.4 Å². The number of hydrogen-bond acceptors (Lipinski definition) is 6. The van der Waals surface area contributed by atoms with Crippen LogP contribution >= 0.6 is 34.5 Å². The number of amides is 2. The number of anilines is 1. The van der Waals surface area contributed by atoms with Gasteiger partial charge < -0.3 is 16.4 Å². The lowest BCUT2D eigenvalue weighted by molar-refractivity contribution is -0.131. The number of nitrogens with one attached hydrogen (secondary N) is 2. The summed E-state index contributed by atoms with van der Waals surface area (Å²) in [6, 6.07) is 4.17. The molecule has 1 aromatic carbocycles. The fourth-order valence-electron chi connectivity index (χ4n) is 2.74. The van der Waals surface area contributed by atoms with E-state index in [1.165, 1.54) is 11.3 Å². The Kier molecular flexibility index (Phi) is 8.91. The standard InChI is InChI=1S/C20H27Cl2N5O2S/c1-11(2)27(4)12(3)18(28)26-17(8-13-5-6-15(21)16(22)7-13)19(29)24-9-14-10-25-20(23)30-14/h5-7,10-12,17H,8-9H2,1-4H3,(H2,23,25)(H,24,29)(H,26,28)/t12-,17-/m0/s1. The second kappa shape index (κ2) is 10.9. The summed E-state index contributed by atoms with van der Waals surface area (Å²) < 4.78 is 0. The molecule has 10 heteroatoms. The van der Waals surface area contributed by atoms with Crippen LogP contribution in [-0.4, -0.2) is 46.9 Å². The summed E-state index contributed by atoms with van der Waals surface area (Å²) in [6.45, 7) is 6.10. The average Bonchev–Trinajstić information content (AvgIpc) is 3.12. The summed E-state index contributed by atoms with van der Waals surface area (Å²) in [4.78, 5) is 32.4. The molecule has 0 radical (unpaired) electrons. The van der Waals surface area contributed by atoms with Crippen molar-refractivity contribution in [3.63, 3.8) is 0 Å². The van der Waals surface area contributed by atoms with E-state index in [1.54, 1.807) is 24.4 Å². The molecule has 2 aromatic rings. The summed E-state index contributed by atoms with van der Waals surface area (Å²) in [6.07, 6.45) is 1.89. The van der Waals surface area contributed by atoms with Gasteiger partial charge in [0.05, 0.1) is 22.6 Å². The smallest absolute Gasteiger partial charge is 0.243 e. The highest BCUT2D eigenvalue weighted by atomic mass is 35.5. The van der Waals surface area contributed by atoms with Crippen LogP contribution in [0.4, 0.5) is 5.13 Å². The van der Waals surface area contributed by atoms with Crippen LogP contribution < -0.4 is 16.4 Å². The molecule has 2 rings (SSSR count). The maximum Gasteiger partial charge on any atom is 0.243 e. The van der Waals surface area contributed by atoms with Crippen LogP contribution in [0.1, 0.15) is 31.2 Å². The molecule has 0 spiro atoms. The average molecular weight is 472 g/mol. The topological polar surface area (TPSA) is 100 Å². The Labute approximate surface area is 190 Å². The lowest BCUT2D eigenvalue weighted by Gasteiger charge is -2.29. The number of thiazole rings is 1. The third-order valence-electron chi connectivity index (χ3n) is 4.87. The van der Waals surface area contributed by atoms with E-state index in [4.69, 9.17) is 28.9 Å². The summed E-state index contributed by atoms with van der Waals surface area (Å²) in [5.74, 6) is -0.533.